The monoisotopic (exact) mass is 408 g/mol. The molecular weight excluding hydrogens is 387 g/mol. The number of rotatable bonds is 8. The fourth-order valence-corrected chi connectivity index (χ4v) is 2.84. The van der Waals surface area contributed by atoms with Crippen molar-refractivity contribution in [1.82, 2.24) is 0 Å². The molecule has 0 aromatic heterocycles. The molecule has 27 heavy (non-hydrogen) atoms. The van der Waals surface area contributed by atoms with E-state index in [1.165, 1.54) is 0 Å². The molecule has 2 N–H and O–H groups in total. The van der Waals surface area contributed by atoms with Crippen molar-refractivity contribution in [3.8, 4) is 0 Å². The highest BCUT2D eigenvalue weighted by atomic mass is 35.5. The van der Waals surface area contributed by atoms with Crippen molar-refractivity contribution in [3.63, 3.8) is 0 Å². The maximum atomic E-state index is 12.3. The van der Waals surface area contributed by atoms with Gasteiger partial charge in [0.25, 0.3) is 5.91 Å². The lowest BCUT2D eigenvalue weighted by Crippen LogP contribution is -2.22. The van der Waals surface area contributed by atoms with Crippen molar-refractivity contribution in [2.75, 3.05) is 23.8 Å². The second kappa shape index (κ2) is 10.2. The molecule has 5 nitrogen and oxygen atoms in total. The number of hydrogen-bond donors (Lipinski definition) is 2. The summed E-state index contributed by atoms with van der Waals surface area (Å²) in [6.45, 7) is 4.21. The Balaban J connectivity index is 1.98. The molecule has 0 saturated heterocycles. The van der Waals surface area contributed by atoms with Crippen LogP contribution in [0.2, 0.25) is 10.0 Å². The van der Waals surface area contributed by atoms with Crippen molar-refractivity contribution < 1.29 is 14.3 Å². The number of anilines is 2. The lowest BCUT2D eigenvalue weighted by Gasteiger charge is -2.13. The van der Waals surface area contributed by atoms with Crippen LogP contribution in [0.15, 0.2) is 36.4 Å². The van der Waals surface area contributed by atoms with E-state index in [0.29, 0.717) is 27.0 Å². The Labute approximate surface area is 169 Å². The Bertz CT molecular complexity index is 825. The predicted octanol–water partition coefficient (Wildman–Crippen LogP) is 5.31. The van der Waals surface area contributed by atoms with E-state index in [9.17, 15) is 9.59 Å². The largest absolute Gasteiger partial charge is 0.452 e. The zero-order valence-electron chi connectivity index (χ0n) is 15.3. The smallest absolute Gasteiger partial charge is 0.340 e. The first-order valence-corrected chi connectivity index (χ1v) is 9.44. The van der Waals surface area contributed by atoms with Gasteiger partial charge in [0.05, 0.1) is 21.3 Å². The minimum absolute atomic E-state index is 0.306. The first-order chi connectivity index (χ1) is 12.9. The maximum absolute atomic E-state index is 12.3. The van der Waals surface area contributed by atoms with Crippen molar-refractivity contribution in [2.24, 2.45) is 0 Å². The number of unbranched alkanes of at least 4 members (excludes halogenated alkanes) is 1. The van der Waals surface area contributed by atoms with Gasteiger partial charge in [0.2, 0.25) is 0 Å². The number of esters is 1. The van der Waals surface area contributed by atoms with Gasteiger partial charge in [0.1, 0.15) is 0 Å². The first-order valence-electron chi connectivity index (χ1n) is 8.68. The summed E-state index contributed by atoms with van der Waals surface area (Å²) in [6.07, 6.45) is 2.04. The van der Waals surface area contributed by atoms with Crippen LogP contribution in [0.1, 0.15) is 35.7 Å². The van der Waals surface area contributed by atoms with Crippen LogP contribution >= 0.6 is 23.2 Å². The lowest BCUT2D eigenvalue weighted by molar-refractivity contribution is -0.119. The quantitative estimate of drug-likeness (QED) is 0.458. The van der Waals surface area contributed by atoms with E-state index >= 15 is 0 Å². The standard InChI is InChI=1S/C20H22Cl2N2O3/c1-3-4-11-23-16-8-6-5-7-14(16)20(26)27-12-17(25)24-19-15(21)10-9-13(2)18(19)22/h5-10,23H,3-4,11-12H2,1-2H3,(H,24,25). The number of aryl methyl sites for hydroxylation is 1. The maximum Gasteiger partial charge on any atom is 0.340 e. The molecule has 0 saturated carbocycles. The minimum atomic E-state index is -0.578. The van der Waals surface area contributed by atoms with Gasteiger partial charge in [0, 0.05) is 12.2 Å². The molecule has 0 bridgehead atoms. The van der Waals surface area contributed by atoms with Gasteiger partial charge in [-0.05, 0) is 37.1 Å². The molecule has 0 fully saturated rings. The highest BCUT2D eigenvalue weighted by Crippen LogP contribution is 2.32. The fraction of sp³-hybridized carbons (Fsp3) is 0.300. The molecule has 0 radical (unpaired) electrons. The molecule has 0 aliphatic heterocycles. The van der Waals surface area contributed by atoms with E-state index in [2.05, 4.69) is 17.6 Å². The highest BCUT2D eigenvalue weighted by Gasteiger charge is 2.16. The number of amides is 1. The molecule has 7 heteroatoms. The summed E-state index contributed by atoms with van der Waals surface area (Å²) in [7, 11) is 0. The third-order valence-corrected chi connectivity index (χ3v) is 4.68. The van der Waals surface area contributed by atoms with Crippen LogP contribution in [0, 0.1) is 6.92 Å². The summed E-state index contributed by atoms with van der Waals surface area (Å²) in [5, 5.41) is 6.46. The molecule has 0 aliphatic carbocycles. The van der Waals surface area contributed by atoms with Crippen LogP contribution in [-0.2, 0) is 9.53 Å². The number of carbonyl (C=O) groups is 2. The molecule has 0 spiro atoms. The van der Waals surface area contributed by atoms with Crippen LogP contribution in [0.4, 0.5) is 11.4 Å². The number of hydrogen-bond acceptors (Lipinski definition) is 4. The van der Waals surface area contributed by atoms with Crippen LogP contribution < -0.4 is 10.6 Å². The number of carbonyl (C=O) groups excluding carboxylic acids is 2. The van der Waals surface area contributed by atoms with E-state index in [4.69, 9.17) is 27.9 Å². The van der Waals surface area contributed by atoms with Crippen molar-refractivity contribution in [2.45, 2.75) is 26.7 Å². The molecule has 0 unspecified atom stereocenters. The van der Waals surface area contributed by atoms with Crippen LogP contribution in [0.25, 0.3) is 0 Å². The second-order valence-electron chi connectivity index (χ2n) is 6.00. The Morgan fingerprint density at radius 2 is 1.85 bits per heavy atom. The molecule has 1 amide bonds. The molecule has 2 aromatic rings. The zero-order chi connectivity index (χ0) is 19.8. The van der Waals surface area contributed by atoms with Crippen LogP contribution in [-0.4, -0.2) is 25.0 Å². The molecule has 0 atom stereocenters. The summed E-state index contributed by atoms with van der Waals surface area (Å²) in [5.41, 5.74) is 2.15. The molecule has 144 valence electrons. The first kappa shape index (κ1) is 21.1. The van der Waals surface area contributed by atoms with E-state index < -0.39 is 18.5 Å². The summed E-state index contributed by atoms with van der Waals surface area (Å²) in [4.78, 5) is 24.5. The number of halogens is 2. The molecule has 2 rings (SSSR count). The number of nitrogens with one attached hydrogen (secondary N) is 2. The topological polar surface area (TPSA) is 67.4 Å². The van der Waals surface area contributed by atoms with Crippen molar-refractivity contribution in [3.05, 3.63) is 57.6 Å². The third-order valence-electron chi connectivity index (χ3n) is 3.88. The summed E-state index contributed by atoms with van der Waals surface area (Å²) >= 11 is 12.2. The Morgan fingerprint density at radius 3 is 2.59 bits per heavy atom. The van der Waals surface area contributed by atoms with E-state index in [1.54, 1.807) is 37.3 Å². The second-order valence-corrected chi connectivity index (χ2v) is 6.79. The third kappa shape index (κ3) is 5.88. The zero-order valence-corrected chi connectivity index (χ0v) is 16.8. The molecular formula is C20H22Cl2N2O3. The average molecular weight is 409 g/mol. The SMILES string of the molecule is CCCCNc1ccccc1C(=O)OCC(=O)Nc1c(Cl)ccc(C)c1Cl. The highest BCUT2D eigenvalue weighted by molar-refractivity contribution is 6.40. The summed E-state index contributed by atoms with van der Waals surface area (Å²) in [6, 6.07) is 10.4. The number of ether oxygens (including phenoxy) is 1. The van der Waals surface area contributed by atoms with Gasteiger partial charge >= 0.3 is 5.97 Å². The van der Waals surface area contributed by atoms with Gasteiger partial charge in [-0.3, -0.25) is 4.79 Å². The van der Waals surface area contributed by atoms with Crippen molar-refractivity contribution in [1.29, 1.82) is 0 Å². The summed E-state index contributed by atoms with van der Waals surface area (Å²) in [5.74, 6) is -1.10. The fourth-order valence-electron chi connectivity index (χ4n) is 2.37. The normalized spacial score (nSPS) is 10.4. The Kier molecular flexibility index (Phi) is 7.95. The molecule has 0 heterocycles. The van der Waals surface area contributed by atoms with E-state index in [-0.39, 0.29) is 0 Å². The average Bonchev–Trinajstić information content (AvgIpc) is 2.67. The van der Waals surface area contributed by atoms with Crippen molar-refractivity contribution >= 4 is 46.5 Å². The van der Waals surface area contributed by atoms with E-state index in [1.807, 2.05) is 6.07 Å². The number of benzene rings is 2. The van der Waals surface area contributed by atoms with Crippen LogP contribution in [0.3, 0.4) is 0 Å². The Hall–Kier alpha value is -2.24. The predicted molar refractivity (Wildman–Crippen MR) is 110 cm³/mol. The Morgan fingerprint density at radius 1 is 1.11 bits per heavy atom. The number of para-hydroxylation sites is 1. The van der Waals surface area contributed by atoms with Gasteiger partial charge in [-0.1, -0.05) is 54.7 Å². The summed E-state index contributed by atoms with van der Waals surface area (Å²) < 4.78 is 5.14. The van der Waals surface area contributed by atoms with E-state index in [0.717, 1.165) is 24.9 Å². The van der Waals surface area contributed by atoms with Gasteiger partial charge < -0.3 is 15.4 Å². The minimum Gasteiger partial charge on any atom is -0.452 e. The lowest BCUT2D eigenvalue weighted by atomic mass is 10.1. The molecule has 0 aliphatic rings. The molecule has 2 aromatic carbocycles. The van der Waals surface area contributed by atoms with Gasteiger partial charge in [-0.15, -0.1) is 0 Å². The van der Waals surface area contributed by atoms with Gasteiger partial charge in [-0.25, -0.2) is 4.79 Å². The van der Waals surface area contributed by atoms with Crippen LogP contribution in [0.5, 0.6) is 0 Å². The van der Waals surface area contributed by atoms with Gasteiger partial charge in [0.15, 0.2) is 6.61 Å². The van der Waals surface area contributed by atoms with Gasteiger partial charge in [-0.2, -0.15) is 0 Å².